The van der Waals surface area contributed by atoms with Gasteiger partial charge in [0.15, 0.2) is 0 Å². The van der Waals surface area contributed by atoms with Gasteiger partial charge in [-0.05, 0) is 86.0 Å². The highest BCUT2D eigenvalue weighted by Gasteiger charge is 2.30. The molecular weight excluding hydrogens is 576 g/mol. The molecule has 1 aromatic heterocycles. The summed E-state index contributed by atoms with van der Waals surface area (Å²) in [6.45, 7) is 3.32. The van der Waals surface area contributed by atoms with Crippen LogP contribution in [0.3, 0.4) is 0 Å². The first-order chi connectivity index (χ1) is 18.8. The average Bonchev–Trinajstić information content (AvgIpc) is 3.27. The zero-order chi connectivity index (χ0) is 29.2. The van der Waals surface area contributed by atoms with Crippen molar-refractivity contribution in [2.75, 3.05) is 17.4 Å². The minimum absolute atomic E-state index is 0.0335. The fraction of sp³-hybridized carbons (Fsp3) is 0.185. The number of amides is 1. The molecule has 0 bridgehead atoms. The maximum absolute atomic E-state index is 13.8. The number of hydrogen-bond acceptors (Lipinski definition) is 6. The molecular formula is C27H25ClN4O6S2. The number of aromatic nitrogens is 1. The molecule has 0 aliphatic heterocycles. The second-order valence-corrected chi connectivity index (χ2v) is 12.8. The molecule has 0 atom stereocenters. The number of nitrogens with one attached hydrogen (secondary N) is 2. The van der Waals surface area contributed by atoms with E-state index in [1.165, 1.54) is 42.5 Å². The third-order valence-electron chi connectivity index (χ3n) is 6.10. The molecule has 13 heteroatoms. The van der Waals surface area contributed by atoms with Gasteiger partial charge in [0.05, 0.1) is 22.2 Å². The maximum atomic E-state index is 13.8. The van der Waals surface area contributed by atoms with Gasteiger partial charge < -0.3 is 10.3 Å². The van der Waals surface area contributed by atoms with E-state index in [0.29, 0.717) is 16.1 Å². The first-order valence-corrected chi connectivity index (χ1v) is 15.2. The van der Waals surface area contributed by atoms with E-state index < -0.39 is 26.0 Å². The van der Waals surface area contributed by atoms with E-state index in [1.54, 1.807) is 26.0 Å². The third kappa shape index (κ3) is 6.13. The molecule has 3 aromatic carbocycles. The van der Waals surface area contributed by atoms with Crippen molar-refractivity contribution in [2.45, 2.75) is 30.1 Å². The molecule has 208 valence electrons. The number of aromatic amines is 1. The normalized spacial score (nSPS) is 11.8. The van der Waals surface area contributed by atoms with Gasteiger partial charge in [0.1, 0.15) is 10.6 Å². The quantitative estimate of drug-likeness (QED) is 0.187. The van der Waals surface area contributed by atoms with Crippen molar-refractivity contribution in [2.24, 2.45) is 0 Å². The number of nitriles is 1. The van der Waals surface area contributed by atoms with E-state index in [4.69, 9.17) is 16.9 Å². The Kier molecular flexibility index (Phi) is 8.23. The van der Waals surface area contributed by atoms with Gasteiger partial charge >= 0.3 is 10.3 Å². The van der Waals surface area contributed by atoms with Crippen LogP contribution in [0.2, 0.25) is 5.02 Å². The number of H-pyrrole nitrogens is 1. The Morgan fingerprint density at radius 2 is 1.68 bits per heavy atom. The van der Waals surface area contributed by atoms with Crippen LogP contribution in [0, 0.1) is 25.2 Å². The molecule has 0 unspecified atom stereocenters. The van der Waals surface area contributed by atoms with E-state index >= 15 is 0 Å². The second kappa shape index (κ2) is 11.3. The van der Waals surface area contributed by atoms with Gasteiger partial charge in [0.25, 0.3) is 5.91 Å². The zero-order valence-electron chi connectivity index (χ0n) is 21.5. The van der Waals surface area contributed by atoms with Crippen LogP contribution >= 0.6 is 11.6 Å². The smallest absolute Gasteiger partial charge is 0.351 e. The largest absolute Gasteiger partial charge is 0.359 e. The van der Waals surface area contributed by atoms with Crippen LogP contribution < -0.4 is 9.62 Å². The molecule has 0 aliphatic rings. The second-order valence-electron chi connectivity index (χ2n) is 9.16. The minimum Gasteiger partial charge on any atom is -0.351 e. The Morgan fingerprint density at radius 1 is 1.02 bits per heavy atom. The van der Waals surface area contributed by atoms with Gasteiger partial charge in [-0.3, -0.25) is 9.35 Å². The van der Waals surface area contributed by atoms with Crippen molar-refractivity contribution in [3.05, 3.63) is 88.1 Å². The number of carbonyl (C=O) groups excluding carboxylic acids is 1. The lowest BCUT2D eigenvalue weighted by atomic mass is 10.2. The molecule has 0 spiro atoms. The summed E-state index contributed by atoms with van der Waals surface area (Å²) in [5.41, 5.74) is 2.16. The van der Waals surface area contributed by atoms with E-state index in [1.807, 2.05) is 12.1 Å². The van der Waals surface area contributed by atoms with Crippen LogP contribution in [0.25, 0.3) is 10.9 Å². The molecule has 0 radical (unpaired) electrons. The van der Waals surface area contributed by atoms with Gasteiger partial charge in [-0.2, -0.15) is 13.7 Å². The van der Waals surface area contributed by atoms with Crippen LogP contribution in [-0.2, 0) is 20.1 Å². The van der Waals surface area contributed by atoms with Crippen LogP contribution in [0.15, 0.2) is 70.5 Å². The monoisotopic (exact) mass is 600 g/mol. The number of fused-ring (bicyclic) bond motifs is 1. The Hall–Kier alpha value is -3.89. The summed E-state index contributed by atoms with van der Waals surface area (Å²) in [6, 6.07) is 17.0. The molecule has 1 heterocycles. The van der Waals surface area contributed by atoms with Gasteiger partial charge in [-0.25, -0.2) is 12.7 Å². The summed E-state index contributed by atoms with van der Waals surface area (Å²) in [5.74, 6) is -0.716. The molecule has 10 nitrogen and oxygen atoms in total. The third-order valence-corrected chi connectivity index (χ3v) is 9.10. The zero-order valence-corrected chi connectivity index (χ0v) is 23.9. The number of carbonyl (C=O) groups is 1. The predicted molar refractivity (Wildman–Crippen MR) is 152 cm³/mol. The van der Waals surface area contributed by atoms with Gasteiger partial charge in [-0.1, -0.05) is 17.7 Å². The molecule has 40 heavy (non-hydrogen) atoms. The molecule has 0 saturated carbocycles. The van der Waals surface area contributed by atoms with Crippen molar-refractivity contribution >= 4 is 54.2 Å². The van der Waals surface area contributed by atoms with E-state index in [2.05, 4.69) is 10.3 Å². The van der Waals surface area contributed by atoms with Crippen molar-refractivity contribution < 1.29 is 26.2 Å². The van der Waals surface area contributed by atoms with Crippen molar-refractivity contribution in [1.82, 2.24) is 10.3 Å². The standard InChI is InChI=1S/C27H25ClN4O6S2/c1-17-12-18(2)14-22(13-17)39(34,35)26-23-15-20(28)6-9-24(23)31-25(26)27(33)30-10-3-11-32(40(36,37)38)21-7-4-19(16-29)5-8-21/h4-9,12-15,31H,3,10-11H2,1-2H3,(H,30,33)(H,36,37,38). The van der Waals surface area contributed by atoms with Gasteiger partial charge in [-0.15, -0.1) is 0 Å². The Labute approximate surface area is 237 Å². The predicted octanol–water partition coefficient (Wildman–Crippen LogP) is 4.57. The maximum Gasteiger partial charge on any atom is 0.359 e. The van der Waals surface area contributed by atoms with Crippen LogP contribution in [-0.4, -0.2) is 45.4 Å². The first-order valence-electron chi connectivity index (χ1n) is 12.0. The number of sulfone groups is 1. The molecule has 0 aliphatic carbocycles. The minimum atomic E-state index is -4.64. The molecule has 0 saturated heterocycles. The van der Waals surface area contributed by atoms with Crippen molar-refractivity contribution in [3.63, 3.8) is 0 Å². The van der Waals surface area contributed by atoms with Gasteiger partial charge in [0.2, 0.25) is 9.84 Å². The summed E-state index contributed by atoms with van der Waals surface area (Å²) < 4.78 is 62.0. The van der Waals surface area contributed by atoms with Crippen LogP contribution in [0.1, 0.15) is 33.6 Å². The lowest BCUT2D eigenvalue weighted by Gasteiger charge is -2.21. The fourth-order valence-electron chi connectivity index (χ4n) is 4.38. The topological polar surface area (TPSA) is 160 Å². The highest BCUT2D eigenvalue weighted by atomic mass is 35.5. The summed E-state index contributed by atoms with van der Waals surface area (Å²) in [5, 5.41) is 12.1. The summed E-state index contributed by atoms with van der Waals surface area (Å²) >= 11 is 6.16. The Balaban J connectivity index is 1.60. The molecule has 4 aromatic rings. The number of benzene rings is 3. The summed E-state index contributed by atoms with van der Waals surface area (Å²) in [6.07, 6.45) is 0.0801. The number of hydrogen-bond donors (Lipinski definition) is 3. The lowest BCUT2D eigenvalue weighted by Crippen LogP contribution is -2.34. The molecule has 4 rings (SSSR count). The molecule has 3 N–H and O–H groups in total. The Morgan fingerprint density at radius 3 is 2.27 bits per heavy atom. The highest BCUT2D eigenvalue weighted by Crippen LogP contribution is 2.34. The van der Waals surface area contributed by atoms with E-state index in [0.717, 1.165) is 15.4 Å². The number of anilines is 1. The lowest BCUT2D eigenvalue weighted by molar-refractivity contribution is 0.0946. The first kappa shape index (κ1) is 29.1. The van der Waals surface area contributed by atoms with Crippen molar-refractivity contribution in [1.29, 1.82) is 5.26 Å². The Bertz CT molecular complexity index is 1840. The van der Waals surface area contributed by atoms with Gasteiger partial charge in [0, 0.05) is 29.0 Å². The number of aryl methyl sites for hydroxylation is 2. The highest BCUT2D eigenvalue weighted by molar-refractivity contribution is 7.91. The van der Waals surface area contributed by atoms with E-state index in [-0.39, 0.29) is 46.1 Å². The number of halogens is 1. The molecule has 0 fully saturated rings. The number of nitrogens with zero attached hydrogens (tertiary/aromatic N) is 2. The SMILES string of the molecule is Cc1cc(C)cc(S(=O)(=O)c2c(C(=O)NCCCN(c3ccc(C#N)cc3)S(=O)(=O)O)[nH]c3ccc(Cl)cc23)c1. The van der Waals surface area contributed by atoms with Crippen LogP contribution in [0.4, 0.5) is 5.69 Å². The molecule has 1 amide bonds. The summed E-state index contributed by atoms with van der Waals surface area (Å²) in [7, 11) is -8.80. The van der Waals surface area contributed by atoms with Crippen LogP contribution in [0.5, 0.6) is 0 Å². The average molecular weight is 601 g/mol. The fourth-order valence-corrected chi connectivity index (χ4v) is 7.09. The van der Waals surface area contributed by atoms with E-state index in [9.17, 15) is 26.2 Å². The summed E-state index contributed by atoms with van der Waals surface area (Å²) in [4.78, 5) is 16.0. The number of rotatable bonds is 9. The van der Waals surface area contributed by atoms with Crippen molar-refractivity contribution in [3.8, 4) is 6.07 Å².